The van der Waals surface area contributed by atoms with E-state index in [1.807, 2.05) is 97.1 Å². The van der Waals surface area contributed by atoms with Crippen LogP contribution >= 0.6 is 30.4 Å². The number of pyridine rings is 4. The monoisotopic (exact) mass is 1490 g/mol. The molecule has 94 heavy (non-hydrogen) atoms. The molecule has 8 aromatic rings. The zero-order valence-corrected chi connectivity index (χ0v) is 65.5. The molecule has 24 nitrogen and oxygen atoms in total. The number of hydrogen-bond acceptors (Lipinski definition) is 20. The molecule has 0 bridgehead atoms. The first-order valence-electron chi connectivity index (χ1n) is 27.4. The molecule has 0 aliphatic heterocycles. The summed E-state index contributed by atoms with van der Waals surface area (Å²) < 4.78 is 66.6. The molecular formula is C64H90N4O20P4Zn2+2. The van der Waals surface area contributed by atoms with Gasteiger partial charge in [0, 0.05) is 24.8 Å². The third-order valence-corrected chi connectivity index (χ3v) is 19.4. The van der Waals surface area contributed by atoms with Crippen molar-refractivity contribution in [2.24, 2.45) is 0 Å². The van der Waals surface area contributed by atoms with Gasteiger partial charge in [-0.25, -0.2) is 0 Å². The molecule has 508 valence electrons. The molecular weight excluding hydrogens is 1400 g/mol. The van der Waals surface area contributed by atoms with E-state index in [4.69, 9.17) is 18.1 Å². The SMILES string of the molecule is Cc1cccc(C)c1OP(=O)([O-])C(C)(C)O.Cc1cccc(C)c1OP(=O)([O-])C(C)(C)O.Cc1cccc(C)c1OP(=O)([O-])C(C)(C)O.Cc1cccc(C)c1OP(=O)([O-])C(C)(C)O.O.O.[OH3+].[OH3+].[Zn+2].[Zn+2].c1ccc(-c2ccccn2)nc1.c1ccc(-c2ccccn2)nc1. The molecule has 0 radical (unpaired) electrons. The van der Waals surface area contributed by atoms with Crippen molar-refractivity contribution in [3.8, 4) is 45.8 Å². The number of aryl methyl sites for hydroxylation is 8. The quantitative estimate of drug-likeness (QED) is 0.0449. The van der Waals surface area contributed by atoms with Gasteiger partial charge in [-0.15, -0.1) is 0 Å². The molecule has 0 fully saturated rings. The van der Waals surface area contributed by atoms with Gasteiger partial charge in [-0.3, -0.25) is 38.2 Å². The topological polar surface area (TPSA) is 459 Å². The first-order chi connectivity index (χ1) is 40.5. The van der Waals surface area contributed by atoms with Gasteiger partial charge >= 0.3 is 39.0 Å². The molecule has 4 aromatic carbocycles. The molecule has 8 rings (SSSR count). The molecule has 4 unspecified atom stereocenters. The number of aliphatic hydroxyl groups is 4. The molecule has 4 aromatic heterocycles. The third kappa shape index (κ3) is 29.4. The van der Waals surface area contributed by atoms with Crippen LogP contribution in [0.3, 0.4) is 0 Å². The van der Waals surface area contributed by atoms with Crippen LogP contribution < -0.4 is 37.7 Å². The molecule has 0 spiro atoms. The Morgan fingerprint density at radius 2 is 0.436 bits per heavy atom. The Morgan fingerprint density at radius 3 is 0.543 bits per heavy atom. The van der Waals surface area contributed by atoms with Crippen molar-refractivity contribution < 1.29 is 137 Å². The van der Waals surface area contributed by atoms with Crippen molar-refractivity contribution in [2.75, 3.05) is 0 Å². The van der Waals surface area contributed by atoms with E-state index in [0.717, 1.165) is 67.3 Å². The van der Waals surface area contributed by atoms with Crippen LogP contribution in [0.15, 0.2) is 170 Å². The predicted octanol–water partition coefficient (Wildman–Crippen LogP) is 8.65. The maximum atomic E-state index is 11.7. The second kappa shape index (κ2) is 40.8. The maximum Gasteiger partial charge on any atom is 2.00 e. The number of benzene rings is 4. The van der Waals surface area contributed by atoms with Crippen molar-refractivity contribution >= 4 is 30.4 Å². The van der Waals surface area contributed by atoms with E-state index >= 15 is 0 Å². The summed E-state index contributed by atoms with van der Waals surface area (Å²) in [7, 11) is -17.4. The van der Waals surface area contributed by atoms with E-state index in [9.17, 15) is 58.3 Å². The van der Waals surface area contributed by atoms with Crippen molar-refractivity contribution in [3.63, 3.8) is 0 Å². The summed E-state index contributed by atoms with van der Waals surface area (Å²) in [5, 5.41) is 30.4. The predicted molar refractivity (Wildman–Crippen MR) is 354 cm³/mol. The zero-order valence-electron chi connectivity index (χ0n) is 56.0. The Hall–Kier alpha value is -5.63. The number of para-hydroxylation sites is 4. The summed E-state index contributed by atoms with van der Waals surface area (Å²) in [6.07, 6.45) is 7.07. The number of hydrogen-bond donors (Lipinski definition) is 4. The fourth-order valence-corrected chi connectivity index (χ4v) is 9.76. The average Bonchev–Trinajstić information content (AvgIpc) is 0.872. The Balaban J connectivity index is -0.000000512. The van der Waals surface area contributed by atoms with E-state index in [0.29, 0.717) is 23.0 Å². The van der Waals surface area contributed by atoms with E-state index < -0.39 is 51.8 Å². The van der Waals surface area contributed by atoms with Crippen LogP contribution in [0.1, 0.15) is 99.9 Å². The molecule has 14 N–H and O–H groups in total. The summed E-state index contributed by atoms with van der Waals surface area (Å²) in [5.41, 5.74) is 9.44. The normalized spacial score (nSPS) is 13.1. The Morgan fingerprint density at radius 1 is 0.298 bits per heavy atom. The van der Waals surface area contributed by atoms with Gasteiger partial charge in [0.2, 0.25) is 30.4 Å². The van der Waals surface area contributed by atoms with Crippen LogP contribution in [0.25, 0.3) is 22.8 Å². The first kappa shape index (κ1) is 94.8. The van der Waals surface area contributed by atoms with Gasteiger partial charge < -0.3 is 80.0 Å². The number of rotatable bonds is 14. The summed E-state index contributed by atoms with van der Waals surface area (Å²) in [4.78, 5) is 63.5. The Kier molecular flexibility index (Phi) is 41.1. The van der Waals surface area contributed by atoms with Crippen LogP contribution in [0, 0.1) is 55.4 Å². The van der Waals surface area contributed by atoms with E-state index in [2.05, 4.69) is 19.9 Å². The van der Waals surface area contributed by atoms with E-state index in [-0.39, 0.29) is 60.9 Å². The second-order valence-corrected chi connectivity index (χ2v) is 31.2. The van der Waals surface area contributed by atoms with E-state index in [1.54, 1.807) is 129 Å². The Bertz CT molecular complexity index is 3150. The molecule has 30 heteroatoms. The maximum absolute atomic E-state index is 11.7. The number of nitrogens with zero attached hydrogens (tertiary/aromatic N) is 4. The van der Waals surface area contributed by atoms with Gasteiger partial charge in [-0.2, -0.15) is 0 Å². The average molecular weight is 1490 g/mol. The third-order valence-electron chi connectivity index (χ3n) is 12.3. The van der Waals surface area contributed by atoms with Crippen LogP contribution in [0.2, 0.25) is 0 Å². The van der Waals surface area contributed by atoms with Crippen molar-refractivity contribution in [2.45, 2.75) is 132 Å². The molecule has 0 aliphatic rings. The number of aromatic nitrogens is 4. The van der Waals surface area contributed by atoms with Gasteiger partial charge in [0.1, 0.15) is 44.4 Å². The molecule has 4 heterocycles. The van der Waals surface area contributed by atoms with E-state index in [1.165, 1.54) is 55.4 Å². The minimum atomic E-state index is -4.35. The second-order valence-electron chi connectivity index (χ2n) is 22.1. The smallest absolute Gasteiger partial charge is 0.767 e. The summed E-state index contributed by atoms with van der Waals surface area (Å²) >= 11 is 0. The molecule has 4 atom stereocenters. The first-order valence-corrected chi connectivity index (χ1v) is 33.5. The minimum Gasteiger partial charge on any atom is -0.767 e. The summed E-state index contributed by atoms with van der Waals surface area (Å²) in [5.74, 6) is 1.18. The summed E-state index contributed by atoms with van der Waals surface area (Å²) in [6.45, 7) is 23.6. The van der Waals surface area contributed by atoms with Crippen LogP contribution in [0.5, 0.6) is 23.0 Å². The van der Waals surface area contributed by atoms with Crippen molar-refractivity contribution in [1.29, 1.82) is 0 Å². The van der Waals surface area contributed by atoms with Gasteiger partial charge in [0.15, 0.2) is 0 Å². The van der Waals surface area contributed by atoms with Gasteiger partial charge in [-0.05, 0) is 204 Å². The van der Waals surface area contributed by atoms with Crippen molar-refractivity contribution in [1.82, 2.24) is 19.9 Å². The fraction of sp³-hybridized carbons (Fsp3) is 0.312. The molecule has 0 saturated heterocycles. The Labute approximate surface area is 576 Å². The molecule has 0 amide bonds. The van der Waals surface area contributed by atoms with Crippen LogP contribution in [0.4, 0.5) is 0 Å². The minimum absolute atomic E-state index is 0. The zero-order chi connectivity index (χ0) is 66.7. The van der Waals surface area contributed by atoms with Crippen molar-refractivity contribution in [3.05, 3.63) is 215 Å². The van der Waals surface area contributed by atoms with Gasteiger partial charge in [0.25, 0.3) is 0 Å². The standard InChI is InChI=1S/4C11H17O4P.2C10H8N2.4H2O.2Zn/c4*1-8-6-5-7-9(2)10(8)15-16(13,14)11(3,4)12;2*1-3-7-11-9(5-1)10-6-2-4-8-12-10;;;;;;/h4*5-7,12H,1-4H3,(H,13,14);2*1-8H;4*1H2;;/q;;;;;;;;;;2*+2/p-2. The van der Waals surface area contributed by atoms with Crippen LogP contribution in [-0.4, -0.2) is 72.7 Å². The largest absolute Gasteiger partial charge is 2.00 e. The fourth-order valence-electron chi connectivity index (χ4n) is 6.76. The molecule has 0 saturated carbocycles. The summed E-state index contributed by atoms with van der Waals surface area (Å²) in [6, 6.07) is 44.5. The van der Waals surface area contributed by atoms with Crippen LogP contribution in [-0.2, 0) is 68.2 Å². The van der Waals surface area contributed by atoms with Gasteiger partial charge in [0.05, 0.1) is 22.8 Å². The molecule has 0 aliphatic carbocycles. The van der Waals surface area contributed by atoms with Gasteiger partial charge in [-0.1, -0.05) is 97.1 Å².